The van der Waals surface area contributed by atoms with Gasteiger partial charge < -0.3 is 20.6 Å². The number of aliphatic hydroxyl groups excluding tert-OH is 1. The first-order valence-corrected chi connectivity index (χ1v) is 17.2. The molecule has 4 fully saturated rings. The van der Waals surface area contributed by atoms with Crippen LogP contribution in [0.15, 0.2) is 24.3 Å². The van der Waals surface area contributed by atoms with E-state index in [2.05, 4.69) is 60.3 Å². The van der Waals surface area contributed by atoms with Crippen LogP contribution in [0.25, 0.3) is 0 Å². The summed E-state index contributed by atoms with van der Waals surface area (Å²) >= 11 is 0. The van der Waals surface area contributed by atoms with E-state index in [1.54, 1.807) is 4.90 Å². The van der Waals surface area contributed by atoms with Crippen molar-refractivity contribution in [2.45, 2.75) is 117 Å². The normalized spacial score (nSPS) is 27.2. The Morgan fingerprint density at radius 1 is 0.956 bits per heavy atom. The van der Waals surface area contributed by atoms with Gasteiger partial charge >= 0.3 is 0 Å². The summed E-state index contributed by atoms with van der Waals surface area (Å²) in [6, 6.07) is 8.59. The van der Waals surface area contributed by atoms with Crippen LogP contribution in [0.1, 0.15) is 96.5 Å². The van der Waals surface area contributed by atoms with Gasteiger partial charge in [0.1, 0.15) is 6.04 Å². The fourth-order valence-corrected chi connectivity index (χ4v) is 8.95. The topological polar surface area (TPSA) is 105 Å². The van der Waals surface area contributed by atoms with Crippen molar-refractivity contribution in [3.63, 3.8) is 0 Å². The minimum Gasteiger partial charge on any atom is -0.391 e. The van der Waals surface area contributed by atoms with E-state index in [1.165, 1.54) is 5.56 Å². The molecule has 3 saturated heterocycles. The second kappa shape index (κ2) is 13.0. The summed E-state index contributed by atoms with van der Waals surface area (Å²) in [5.74, 6) is -0.187. The molecule has 4 atom stereocenters. The lowest BCUT2D eigenvalue weighted by molar-refractivity contribution is -0.139. The Bertz CT molecular complexity index is 1210. The lowest BCUT2D eigenvalue weighted by Crippen LogP contribution is -2.63. The van der Waals surface area contributed by atoms with Crippen LogP contribution < -0.4 is 10.6 Å². The van der Waals surface area contributed by atoms with Crippen LogP contribution in [-0.2, 0) is 16.0 Å². The third-order valence-corrected chi connectivity index (χ3v) is 10.8. The fourth-order valence-electron chi connectivity index (χ4n) is 8.95. The van der Waals surface area contributed by atoms with Gasteiger partial charge in [0.15, 0.2) is 0 Å². The quantitative estimate of drug-likeness (QED) is 0.369. The molecule has 1 saturated carbocycles. The number of rotatable bonds is 10. The Morgan fingerprint density at radius 2 is 1.58 bits per heavy atom. The van der Waals surface area contributed by atoms with E-state index in [9.17, 15) is 19.5 Å². The number of benzene rings is 1. The molecule has 3 N–H and O–H groups in total. The molecule has 3 amide bonds. The summed E-state index contributed by atoms with van der Waals surface area (Å²) in [7, 11) is 0. The monoisotopic (exact) mass is 623 g/mol. The van der Waals surface area contributed by atoms with E-state index in [4.69, 9.17) is 0 Å². The van der Waals surface area contributed by atoms with Crippen LogP contribution in [0.3, 0.4) is 0 Å². The predicted molar refractivity (Wildman–Crippen MR) is 177 cm³/mol. The van der Waals surface area contributed by atoms with Crippen molar-refractivity contribution in [3.05, 3.63) is 35.4 Å². The number of fused-ring (bicyclic) bond motifs is 2. The average molecular weight is 624 g/mol. The maximum absolute atomic E-state index is 13.2. The smallest absolute Gasteiger partial charge is 0.251 e. The zero-order valence-corrected chi connectivity index (χ0v) is 28.7. The van der Waals surface area contributed by atoms with E-state index in [1.807, 2.05) is 32.9 Å². The highest BCUT2D eigenvalue weighted by atomic mass is 16.3. The molecule has 1 aromatic carbocycles. The molecule has 3 unspecified atom stereocenters. The number of likely N-dealkylation sites (tertiary alicyclic amines) is 2. The van der Waals surface area contributed by atoms with E-state index >= 15 is 0 Å². The summed E-state index contributed by atoms with van der Waals surface area (Å²) < 4.78 is 0. The van der Waals surface area contributed by atoms with E-state index in [0.29, 0.717) is 38.1 Å². The van der Waals surface area contributed by atoms with Gasteiger partial charge in [0.2, 0.25) is 11.8 Å². The summed E-state index contributed by atoms with van der Waals surface area (Å²) in [5, 5.41) is 16.2. The number of nitrogens with one attached hydrogen (secondary N) is 2. The number of aryl methyl sites for hydroxylation is 1. The third kappa shape index (κ3) is 7.74. The Morgan fingerprint density at radius 3 is 2.11 bits per heavy atom. The Balaban J connectivity index is 1.06. The van der Waals surface area contributed by atoms with Crippen LogP contribution in [-0.4, -0.2) is 107 Å². The van der Waals surface area contributed by atoms with Gasteiger partial charge in [0.05, 0.1) is 12.6 Å². The molecular weight excluding hydrogens is 566 g/mol. The van der Waals surface area contributed by atoms with E-state index in [0.717, 1.165) is 57.3 Å². The van der Waals surface area contributed by atoms with Gasteiger partial charge in [-0.15, -0.1) is 0 Å². The maximum atomic E-state index is 13.2. The Kier molecular flexibility index (Phi) is 9.75. The number of amides is 3. The number of carbonyl (C=O) groups excluding carboxylic acids is 3. The van der Waals surface area contributed by atoms with Crippen molar-refractivity contribution in [2.24, 2.45) is 16.2 Å². The zero-order chi connectivity index (χ0) is 32.7. The van der Waals surface area contributed by atoms with Gasteiger partial charge in [0.25, 0.3) is 5.91 Å². The molecule has 2 bridgehead atoms. The number of hydrogen-bond donors (Lipinski definition) is 3. The second-order valence-electron chi connectivity index (χ2n) is 16.8. The number of piperazine rings is 1. The average Bonchev–Trinajstić information content (AvgIpc) is 3.48. The molecule has 1 aromatic rings. The molecule has 45 heavy (non-hydrogen) atoms. The lowest BCUT2D eigenvalue weighted by Gasteiger charge is -2.57. The van der Waals surface area contributed by atoms with Crippen LogP contribution >= 0.6 is 0 Å². The standard InChI is InChI=1S/C36H57N5O4/c1-34(2,3)30(32(45)40-18-16-28(42)21-40)37-29(43)22-39-19-26-14-15-27(20-39)41(26)17-8-9-24-10-12-25(13-11-24)31(44)38-33-35(4,5)23-36(33,6)7/h10-13,26-28,30,33,42H,8-9,14-23H2,1-7H3,(H,37,43)(H,38,44)/t26?,27?,28-,30?/m1/s1. The van der Waals surface area contributed by atoms with Crippen molar-refractivity contribution >= 4 is 17.7 Å². The van der Waals surface area contributed by atoms with E-state index < -0.39 is 17.6 Å². The molecule has 1 aliphatic carbocycles. The molecule has 5 rings (SSSR count). The molecule has 4 aliphatic rings. The molecule has 9 nitrogen and oxygen atoms in total. The molecule has 0 spiro atoms. The van der Waals surface area contributed by atoms with Crippen molar-refractivity contribution in [1.29, 1.82) is 0 Å². The number of β-amino-alcohol motifs (C(OH)–C–C–N with tert-alkyl or cyclic N) is 1. The summed E-state index contributed by atoms with van der Waals surface area (Å²) in [6.07, 6.45) is 5.57. The molecular formula is C36H57N5O4. The summed E-state index contributed by atoms with van der Waals surface area (Å²) in [4.78, 5) is 45.9. The minimum atomic E-state index is -0.612. The van der Waals surface area contributed by atoms with Gasteiger partial charge in [-0.2, -0.15) is 0 Å². The number of nitrogens with zero attached hydrogens (tertiary/aromatic N) is 3. The Hall–Kier alpha value is -2.49. The van der Waals surface area contributed by atoms with Gasteiger partial charge in [-0.1, -0.05) is 60.6 Å². The minimum absolute atomic E-state index is 0.0162. The first kappa shape index (κ1) is 33.9. The van der Waals surface area contributed by atoms with Crippen molar-refractivity contribution < 1.29 is 19.5 Å². The van der Waals surface area contributed by atoms with Crippen LogP contribution in [0.5, 0.6) is 0 Å². The number of hydrogen-bond acceptors (Lipinski definition) is 6. The van der Waals surface area contributed by atoms with Crippen molar-refractivity contribution in [1.82, 2.24) is 25.3 Å². The lowest BCUT2D eigenvalue weighted by atomic mass is 9.52. The predicted octanol–water partition coefficient (Wildman–Crippen LogP) is 3.45. The molecule has 0 radical (unpaired) electrons. The number of carbonyl (C=O) groups is 3. The van der Waals surface area contributed by atoms with Crippen LogP contribution in [0, 0.1) is 16.2 Å². The fraction of sp³-hybridized carbons (Fsp3) is 0.750. The third-order valence-electron chi connectivity index (χ3n) is 10.8. The Labute approximate surface area is 270 Å². The second-order valence-corrected chi connectivity index (χ2v) is 16.8. The van der Waals surface area contributed by atoms with Gasteiger partial charge in [0, 0.05) is 49.9 Å². The first-order valence-electron chi connectivity index (χ1n) is 17.2. The molecule has 0 aromatic heterocycles. The SMILES string of the molecule is CC(C)(C)C(NC(=O)CN1CC2CCC(C1)N2CCCc1ccc(C(=O)NC2C(C)(C)CC2(C)C)cc1)C(=O)N1CC[C@@H](O)C1. The van der Waals surface area contributed by atoms with Gasteiger partial charge in [-0.3, -0.25) is 24.2 Å². The summed E-state index contributed by atoms with van der Waals surface area (Å²) in [6.45, 7) is 18.8. The molecule has 3 heterocycles. The number of aliphatic hydroxyl groups is 1. The molecule has 3 aliphatic heterocycles. The zero-order valence-electron chi connectivity index (χ0n) is 28.7. The van der Waals surface area contributed by atoms with Crippen molar-refractivity contribution in [3.8, 4) is 0 Å². The van der Waals surface area contributed by atoms with E-state index in [-0.39, 0.29) is 34.6 Å². The van der Waals surface area contributed by atoms with Gasteiger partial charge in [-0.05, 0) is 79.0 Å². The largest absolute Gasteiger partial charge is 0.391 e. The molecule has 9 heteroatoms. The summed E-state index contributed by atoms with van der Waals surface area (Å²) in [5.41, 5.74) is 1.82. The van der Waals surface area contributed by atoms with Crippen LogP contribution in [0.4, 0.5) is 0 Å². The first-order chi connectivity index (χ1) is 21.0. The van der Waals surface area contributed by atoms with Gasteiger partial charge in [-0.25, -0.2) is 0 Å². The maximum Gasteiger partial charge on any atom is 0.251 e. The highest BCUT2D eigenvalue weighted by Gasteiger charge is 2.53. The van der Waals surface area contributed by atoms with Crippen molar-refractivity contribution in [2.75, 3.05) is 39.3 Å². The highest BCUT2D eigenvalue weighted by molar-refractivity contribution is 5.94. The highest BCUT2D eigenvalue weighted by Crippen LogP contribution is 2.53. The molecule has 250 valence electrons. The van der Waals surface area contributed by atoms with Crippen LogP contribution in [0.2, 0.25) is 0 Å².